The topological polar surface area (TPSA) is 127 Å². The number of aromatic nitrogens is 5. The van der Waals surface area contributed by atoms with Crippen LogP contribution >= 0.6 is 0 Å². The Morgan fingerprint density at radius 2 is 1.97 bits per heavy atom. The number of amides is 1. The lowest BCUT2D eigenvalue weighted by atomic mass is 9.91. The molecule has 1 amide bonds. The van der Waals surface area contributed by atoms with E-state index < -0.39 is 17.5 Å². The summed E-state index contributed by atoms with van der Waals surface area (Å²) in [5, 5.41) is 10.3. The molecule has 12 heteroatoms. The van der Waals surface area contributed by atoms with Gasteiger partial charge in [0, 0.05) is 42.3 Å². The van der Waals surface area contributed by atoms with Gasteiger partial charge in [-0.3, -0.25) is 9.48 Å². The standard InChI is InChI=1S/C23H23F3N8O/c1-34-20(18(27)10-30-34)23(35)32-13-4-2-3-12(7-13)31-22-17(26)9-29-21(33-22)15-8-28-19-14(15)5-11(24)6-16(19)25/h5-6,8-10,12-13,28H,2-4,7,27H2,1H3,(H,32,35)(H,29,31,33)/t12-,13+/m0/s1. The van der Waals surface area contributed by atoms with E-state index in [9.17, 15) is 18.0 Å². The van der Waals surface area contributed by atoms with E-state index in [0.29, 0.717) is 17.7 Å². The first kappa shape index (κ1) is 22.7. The molecule has 35 heavy (non-hydrogen) atoms. The number of rotatable bonds is 5. The largest absolute Gasteiger partial charge is 0.396 e. The second kappa shape index (κ2) is 8.93. The molecule has 182 valence electrons. The maximum absolute atomic E-state index is 14.6. The van der Waals surface area contributed by atoms with Crippen molar-refractivity contribution in [3.05, 3.63) is 53.9 Å². The molecule has 0 unspecified atom stereocenters. The third kappa shape index (κ3) is 4.38. The SMILES string of the molecule is Cn1ncc(N)c1C(=O)N[C@@H]1CCC[C@H](Nc2nc(-c3c[nH]c4c(F)cc(F)cc34)ncc2F)C1. The quantitative estimate of drug-likeness (QED) is 0.343. The third-order valence-corrected chi connectivity index (χ3v) is 6.22. The van der Waals surface area contributed by atoms with Gasteiger partial charge in [0.1, 0.15) is 17.3 Å². The van der Waals surface area contributed by atoms with Gasteiger partial charge in [-0.2, -0.15) is 5.10 Å². The van der Waals surface area contributed by atoms with Crippen molar-refractivity contribution in [2.24, 2.45) is 7.05 Å². The number of carbonyl (C=O) groups excluding carboxylic acids is 1. The van der Waals surface area contributed by atoms with Gasteiger partial charge >= 0.3 is 0 Å². The Balaban J connectivity index is 1.33. The second-order valence-electron chi connectivity index (χ2n) is 8.65. The number of aromatic amines is 1. The highest BCUT2D eigenvalue weighted by atomic mass is 19.1. The van der Waals surface area contributed by atoms with Gasteiger partial charge in [-0.1, -0.05) is 0 Å². The lowest BCUT2D eigenvalue weighted by Gasteiger charge is -2.30. The third-order valence-electron chi connectivity index (χ3n) is 6.22. The summed E-state index contributed by atoms with van der Waals surface area (Å²) >= 11 is 0. The molecule has 0 aliphatic heterocycles. The zero-order valence-corrected chi connectivity index (χ0v) is 18.8. The predicted octanol–water partition coefficient (Wildman–Crippen LogP) is 3.51. The molecule has 5 rings (SSSR count). The highest BCUT2D eigenvalue weighted by Crippen LogP contribution is 2.30. The highest BCUT2D eigenvalue weighted by molar-refractivity contribution is 5.97. The van der Waals surface area contributed by atoms with Gasteiger partial charge in [-0.05, 0) is 31.7 Å². The molecule has 0 saturated heterocycles. The average molecular weight is 484 g/mol. The van der Waals surface area contributed by atoms with Crippen LogP contribution in [0.25, 0.3) is 22.3 Å². The Labute approximate surface area is 197 Å². The van der Waals surface area contributed by atoms with Crippen LogP contribution in [0.3, 0.4) is 0 Å². The van der Waals surface area contributed by atoms with Crippen molar-refractivity contribution in [2.75, 3.05) is 11.1 Å². The number of anilines is 2. The molecule has 0 radical (unpaired) electrons. The number of hydrogen-bond donors (Lipinski definition) is 4. The zero-order chi connectivity index (χ0) is 24.7. The van der Waals surface area contributed by atoms with Crippen molar-refractivity contribution in [2.45, 2.75) is 37.8 Å². The van der Waals surface area contributed by atoms with E-state index in [1.807, 2.05) is 0 Å². The van der Waals surface area contributed by atoms with Gasteiger partial charge in [0.05, 0.1) is 23.6 Å². The fourth-order valence-electron chi connectivity index (χ4n) is 4.57. The number of benzene rings is 1. The number of H-pyrrole nitrogens is 1. The summed E-state index contributed by atoms with van der Waals surface area (Å²) in [4.78, 5) is 23.7. The molecule has 4 aromatic rings. The molecule has 5 N–H and O–H groups in total. The maximum Gasteiger partial charge on any atom is 0.271 e. The van der Waals surface area contributed by atoms with E-state index >= 15 is 0 Å². The summed E-state index contributed by atoms with van der Waals surface area (Å²) in [6, 6.07) is 1.65. The van der Waals surface area contributed by atoms with Gasteiger partial charge < -0.3 is 21.4 Å². The molecule has 1 saturated carbocycles. The zero-order valence-electron chi connectivity index (χ0n) is 18.8. The minimum Gasteiger partial charge on any atom is -0.396 e. The maximum atomic E-state index is 14.6. The minimum atomic E-state index is -0.741. The summed E-state index contributed by atoms with van der Waals surface area (Å²) < 4.78 is 43.8. The summed E-state index contributed by atoms with van der Waals surface area (Å²) in [5.41, 5.74) is 6.89. The average Bonchev–Trinajstić information content (AvgIpc) is 3.38. The summed E-state index contributed by atoms with van der Waals surface area (Å²) in [7, 11) is 1.64. The minimum absolute atomic E-state index is 0.0194. The first-order valence-electron chi connectivity index (χ1n) is 11.1. The molecule has 1 aliphatic carbocycles. The molecular formula is C23H23F3N8O. The molecule has 9 nitrogen and oxygen atoms in total. The first-order valence-corrected chi connectivity index (χ1v) is 11.1. The fraction of sp³-hybridized carbons (Fsp3) is 0.304. The van der Waals surface area contributed by atoms with Crippen LogP contribution < -0.4 is 16.4 Å². The number of nitrogens with zero attached hydrogens (tertiary/aromatic N) is 4. The number of aryl methyl sites for hydroxylation is 1. The first-order chi connectivity index (χ1) is 16.8. The Morgan fingerprint density at radius 1 is 1.17 bits per heavy atom. The Kier molecular flexibility index (Phi) is 5.79. The van der Waals surface area contributed by atoms with Crippen LogP contribution in [-0.4, -0.2) is 42.7 Å². The fourth-order valence-corrected chi connectivity index (χ4v) is 4.57. The molecule has 3 heterocycles. The van der Waals surface area contributed by atoms with Gasteiger partial charge in [0.25, 0.3) is 5.91 Å². The Bertz CT molecular complexity index is 1400. The van der Waals surface area contributed by atoms with Crippen LogP contribution in [0.2, 0.25) is 0 Å². The van der Waals surface area contributed by atoms with Crippen molar-refractivity contribution in [1.29, 1.82) is 0 Å². The smallest absolute Gasteiger partial charge is 0.271 e. The summed E-state index contributed by atoms with van der Waals surface area (Å²) in [6.07, 6.45) is 6.78. The monoisotopic (exact) mass is 484 g/mol. The second-order valence-corrected chi connectivity index (χ2v) is 8.65. The number of halogens is 3. The van der Waals surface area contributed by atoms with Gasteiger partial charge in [-0.25, -0.2) is 23.1 Å². The molecule has 1 aliphatic rings. The van der Waals surface area contributed by atoms with Crippen LogP contribution in [0.15, 0.2) is 30.7 Å². The number of nitrogen functional groups attached to an aromatic ring is 1. The predicted molar refractivity (Wildman–Crippen MR) is 124 cm³/mol. The molecule has 1 fully saturated rings. The highest BCUT2D eigenvalue weighted by Gasteiger charge is 2.26. The van der Waals surface area contributed by atoms with E-state index in [-0.39, 0.29) is 46.2 Å². The normalized spacial score (nSPS) is 18.1. The van der Waals surface area contributed by atoms with Crippen molar-refractivity contribution in [3.63, 3.8) is 0 Å². The Hall–Kier alpha value is -4.09. The molecular weight excluding hydrogens is 461 g/mol. The van der Waals surface area contributed by atoms with Crippen LogP contribution in [0.5, 0.6) is 0 Å². The number of fused-ring (bicyclic) bond motifs is 1. The number of hydrogen-bond acceptors (Lipinski definition) is 6. The summed E-state index contributed by atoms with van der Waals surface area (Å²) in [6.45, 7) is 0. The molecule has 2 atom stereocenters. The van der Waals surface area contributed by atoms with Crippen LogP contribution in [0.1, 0.15) is 36.2 Å². The summed E-state index contributed by atoms with van der Waals surface area (Å²) in [5.74, 6) is -2.34. The van der Waals surface area contributed by atoms with Gasteiger partial charge in [-0.15, -0.1) is 0 Å². The van der Waals surface area contributed by atoms with Crippen LogP contribution in [-0.2, 0) is 7.05 Å². The number of carbonyl (C=O) groups is 1. The lowest BCUT2D eigenvalue weighted by Crippen LogP contribution is -2.42. The van der Waals surface area contributed by atoms with E-state index in [0.717, 1.165) is 31.5 Å². The van der Waals surface area contributed by atoms with E-state index in [1.54, 1.807) is 7.05 Å². The number of nitrogens with one attached hydrogen (secondary N) is 3. The van der Waals surface area contributed by atoms with Crippen molar-refractivity contribution < 1.29 is 18.0 Å². The Morgan fingerprint density at radius 3 is 2.74 bits per heavy atom. The van der Waals surface area contributed by atoms with E-state index in [1.165, 1.54) is 23.1 Å². The van der Waals surface area contributed by atoms with E-state index in [2.05, 4.69) is 30.7 Å². The molecule has 3 aromatic heterocycles. The van der Waals surface area contributed by atoms with E-state index in [4.69, 9.17) is 5.73 Å². The molecule has 0 spiro atoms. The van der Waals surface area contributed by atoms with Gasteiger partial charge in [0.2, 0.25) is 0 Å². The molecule has 1 aromatic carbocycles. The molecule has 0 bridgehead atoms. The van der Waals surface area contributed by atoms with Crippen LogP contribution in [0.4, 0.5) is 24.7 Å². The number of nitrogens with two attached hydrogens (primary N) is 1. The van der Waals surface area contributed by atoms with Crippen molar-refractivity contribution in [1.82, 2.24) is 30.0 Å². The lowest BCUT2D eigenvalue weighted by molar-refractivity contribution is 0.0917. The van der Waals surface area contributed by atoms with Crippen molar-refractivity contribution >= 4 is 28.3 Å². The van der Waals surface area contributed by atoms with Crippen LogP contribution in [0, 0.1) is 17.5 Å². The van der Waals surface area contributed by atoms with Gasteiger partial charge in [0.15, 0.2) is 17.5 Å². The van der Waals surface area contributed by atoms with Crippen molar-refractivity contribution in [3.8, 4) is 11.4 Å².